The van der Waals surface area contributed by atoms with Gasteiger partial charge in [0.1, 0.15) is 12.6 Å². The van der Waals surface area contributed by atoms with Crippen molar-refractivity contribution in [1.82, 2.24) is 10.2 Å². The summed E-state index contributed by atoms with van der Waals surface area (Å²) in [5.74, 6) is -0.806. The number of hydrogen-bond acceptors (Lipinski definition) is 4. The van der Waals surface area contributed by atoms with E-state index in [0.717, 1.165) is 27.3 Å². The minimum atomic E-state index is -3.80. The van der Waals surface area contributed by atoms with Crippen molar-refractivity contribution < 1.29 is 18.0 Å². The van der Waals surface area contributed by atoms with Gasteiger partial charge in [0.2, 0.25) is 21.8 Å². The van der Waals surface area contributed by atoms with Gasteiger partial charge in [-0.05, 0) is 61.7 Å². The Morgan fingerprint density at radius 1 is 0.921 bits per heavy atom. The highest BCUT2D eigenvalue weighted by Crippen LogP contribution is 2.22. The molecule has 0 fully saturated rings. The van der Waals surface area contributed by atoms with Gasteiger partial charge in [-0.2, -0.15) is 0 Å². The molecule has 0 saturated heterocycles. The second kappa shape index (κ2) is 12.9. The maximum absolute atomic E-state index is 14.0. The summed E-state index contributed by atoms with van der Waals surface area (Å²) in [5.41, 5.74) is 2.89. The van der Waals surface area contributed by atoms with Crippen LogP contribution >= 0.6 is 11.6 Å². The molecule has 0 radical (unpaired) electrons. The molecule has 0 heterocycles. The molecule has 1 unspecified atom stereocenters. The number of amides is 2. The summed E-state index contributed by atoms with van der Waals surface area (Å²) in [5, 5.41) is 3.48. The maximum Gasteiger partial charge on any atom is 0.244 e. The molecule has 9 heteroatoms. The number of carbonyl (C=O) groups is 2. The Morgan fingerprint density at radius 3 is 2.16 bits per heavy atom. The molecule has 1 atom stereocenters. The smallest absolute Gasteiger partial charge is 0.244 e. The second-order valence-corrected chi connectivity index (χ2v) is 12.0. The molecule has 3 aromatic rings. The van der Waals surface area contributed by atoms with Crippen molar-refractivity contribution in [3.8, 4) is 0 Å². The van der Waals surface area contributed by atoms with E-state index in [1.807, 2.05) is 57.2 Å². The first-order chi connectivity index (χ1) is 17.9. The number of hydrogen-bond donors (Lipinski definition) is 1. The van der Waals surface area contributed by atoms with Crippen molar-refractivity contribution in [3.63, 3.8) is 0 Å². The highest BCUT2D eigenvalue weighted by molar-refractivity contribution is 7.92. The first-order valence-corrected chi connectivity index (χ1v) is 14.6. The first-order valence-electron chi connectivity index (χ1n) is 12.4. The highest BCUT2D eigenvalue weighted by atomic mass is 35.5. The Kier molecular flexibility index (Phi) is 9.94. The predicted molar refractivity (Wildman–Crippen MR) is 153 cm³/mol. The number of anilines is 1. The van der Waals surface area contributed by atoms with E-state index in [9.17, 15) is 18.0 Å². The number of nitrogens with one attached hydrogen (secondary N) is 1. The van der Waals surface area contributed by atoms with Gasteiger partial charge in [-0.3, -0.25) is 13.9 Å². The van der Waals surface area contributed by atoms with Gasteiger partial charge in [-0.25, -0.2) is 8.42 Å². The lowest BCUT2D eigenvalue weighted by Gasteiger charge is -2.34. The van der Waals surface area contributed by atoms with Gasteiger partial charge in [0.15, 0.2) is 0 Å². The van der Waals surface area contributed by atoms with E-state index >= 15 is 0 Å². The Labute approximate surface area is 230 Å². The summed E-state index contributed by atoms with van der Waals surface area (Å²) in [4.78, 5) is 28.9. The first kappa shape index (κ1) is 29.2. The molecule has 202 valence electrons. The standard InChI is InChI=1S/C29H34ClN3O4S/c1-21(2)31-29(35)27(18-23-10-6-5-7-11-23)32(19-24-13-15-25(30)16-14-24)28(34)20-33(38(4,36)37)26-12-8-9-22(3)17-26/h5-17,21,27H,18-20H2,1-4H3,(H,31,35). The van der Waals surface area contributed by atoms with Crippen LogP contribution in [-0.2, 0) is 32.6 Å². The van der Waals surface area contributed by atoms with Gasteiger partial charge < -0.3 is 10.2 Å². The molecular formula is C29H34ClN3O4S. The Morgan fingerprint density at radius 2 is 1.58 bits per heavy atom. The number of sulfonamides is 1. The van der Waals surface area contributed by atoms with Crippen LogP contribution in [0.4, 0.5) is 5.69 Å². The maximum atomic E-state index is 14.0. The van der Waals surface area contributed by atoms with Crippen LogP contribution in [0.5, 0.6) is 0 Å². The summed E-state index contributed by atoms with van der Waals surface area (Å²) >= 11 is 6.07. The molecule has 0 aromatic heterocycles. The lowest BCUT2D eigenvalue weighted by molar-refractivity contribution is -0.140. The monoisotopic (exact) mass is 555 g/mol. The normalized spacial score (nSPS) is 12.2. The van der Waals surface area contributed by atoms with Gasteiger partial charge in [0, 0.05) is 24.0 Å². The molecule has 0 aliphatic heterocycles. The third-order valence-corrected chi connectivity index (χ3v) is 7.33. The fourth-order valence-electron chi connectivity index (χ4n) is 4.12. The lowest BCUT2D eigenvalue weighted by atomic mass is 10.0. The SMILES string of the molecule is Cc1cccc(N(CC(=O)N(Cc2ccc(Cl)cc2)C(Cc2ccccc2)C(=O)NC(C)C)S(C)(=O)=O)c1. The van der Waals surface area contributed by atoms with Gasteiger partial charge >= 0.3 is 0 Å². The van der Waals surface area contributed by atoms with Crippen LogP contribution in [0.1, 0.15) is 30.5 Å². The van der Waals surface area contributed by atoms with Gasteiger partial charge in [0.05, 0.1) is 11.9 Å². The molecule has 0 bridgehead atoms. The fourth-order valence-corrected chi connectivity index (χ4v) is 5.09. The van der Waals surface area contributed by atoms with Crippen molar-refractivity contribution in [1.29, 1.82) is 0 Å². The van der Waals surface area contributed by atoms with E-state index in [4.69, 9.17) is 11.6 Å². The molecule has 3 rings (SSSR count). The zero-order chi connectivity index (χ0) is 27.9. The summed E-state index contributed by atoms with van der Waals surface area (Å²) in [6.45, 7) is 5.21. The third-order valence-electron chi connectivity index (χ3n) is 5.94. The molecule has 7 nitrogen and oxygen atoms in total. The Hall–Kier alpha value is -3.36. The molecule has 0 saturated carbocycles. The van der Waals surface area contributed by atoms with E-state index in [-0.39, 0.29) is 24.9 Å². The molecule has 0 aliphatic carbocycles. The summed E-state index contributed by atoms with van der Waals surface area (Å²) in [6, 6.07) is 22.4. The van der Waals surface area contributed by atoms with Gasteiger partial charge in [0.25, 0.3) is 0 Å². The topological polar surface area (TPSA) is 86.8 Å². The molecule has 2 amide bonds. The van der Waals surface area contributed by atoms with Crippen LogP contribution in [0, 0.1) is 6.92 Å². The lowest BCUT2D eigenvalue weighted by Crippen LogP contribution is -2.54. The number of nitrogens with zero attached hydrogens (tertiary/aromatic N) is 2. The van der Waals surface area contributed by atoms with Crippen molar-refractivity contribution in [2.75, 3.05) is 17.1 Å². The molecule has 0 aliphatic rings. The molecule has 1 N–H and O–H groups in total. The second-order valence-electron chi connectivity index (χ2n) is 9.63. The van der Waals surface area contributed by atoms with E-state index in [1.54, 1.807) is 42.5 Å². The zero-order valence-corrected chi connectivity index (χ0v) is 23.7. The van der Waals surface area contributed by atoms with Crippen LogP contribution in [-0.4, -0.2) is 50.0 Å². The minimum Gasteiger partial charge on any atom is -0.352 e. The van der Waals surface area contributed by atoms with Crippen molar-refractivity contribution >= 4 is 39.1 Å². The van der Waals surface area contributed by atoms with Crippen LogP contribution in [0.15, 0.2) is 78.9 Å². The Bertz CT molecular complexity index is 1350. The van der Waals surface area contributed by atoms with Gasteiger partial charge in [-0.15, -0.1) is 0 Å². The molecule has 3 aromatic carbocycles. The van der Waals surface area contributed by atoms with Crippen LogP contribution in [0.2, 0.25) is 5.02 Å². The summed E-state index contributed by atoms with van der Waals surface area (Å²) in [7, 11) is -3.80. The largest absolute Gasteiger partial charge is 0.352 e. The zero-order valence-electron chi connectivity index (χ0n) is 22.1. The number of halogens is 1. The van der Waals surface area contributed by atoms with E-state index in [2.05, 4.69) is 5.32 Å². The van der Waals surface area contributed by atoms with Crippen molar-refractivity contribution in [2.24, 2.45) is 0 Å². The average molecular weight is 556 g/mol. The quantitative estimate of drug-likeness (QED) is 0.375. The minimum absolute atomic E-state index is 0.102. The van der Waals surface area contributed by atoms with Gasteiger partial charge in [-0.1, -0.05) is 66.2 Å². The van der Waals surface area contributed by atoms with Crippen LogP contribution in [0.3, 0.4) is 0 Å². The third kappa shape index (κ3) is 8.33. The highest BCUT2D eigenvalue weighted by Gasteiger charge is 2.33. The van der Waals surface area contributed by atoms with Crippen molar-refractivity contribution in [2.45, 2.75) is 45.8 Å². The van der Waals surface area contributed by atoms with Crippen LogP contribution in [0.25, 0.3) is 0 Å². The van der Waals surface area contributed by atoms with E-state index in [1.165, 1.54) is 4.90 Å². The average Bonchev–Trinajstić information content (AvgIpc) is 2.85. The molecule has 0 spiro atoms. The van der Waals surface area contributed by atoms with Crippen molar-refractivity contribution in [3.05, 3.63) is 101 Å². The fraction of sp³-hybridized carbons (Fsp3) is 0.310. The number of aryl methyl sites for hydroxylation is 1. The number of benzene rings is 3. The van der Waals surface area contributed by atoms with E-state index in [0.29, 0.717) is 10.7 Å². The molecule has 38 heavy (non-hydrogen) atoms. The molecular weight excluding hydrogens is 522 g/mol. The Balaban J connectivity index is 2.05. The number of carbonyl (C=O) groups excluding carboxylic acids is 2. The van der Waals surface area contributed by atoms with Crippen LogP contribution < -0.4 is 9.62 Å². The summed E-state index contributed by atoms with van der Waals surface area (Å²) < 4.78 is 26.7. The van der Waals surface area contributed by atoms with E-state index < -0.39 is 28.5 Å². The summed E-state index contributed by atoms with van der Waals surface area (Å²) in [6.07, 6.45) is 1.33. The predicted octanol–water partition coefficient (Wildman–Crippen LogP) is 4.58. The number of rotatable bonds is 11.